The summed E-state index contributed by atoms with van der Waals surface area (Å²) >= 11 is 0. The molecule has 0 radical (unpaired) electrons. The Morgan fingerprint density at radius 2 is 1.79 bits per heavy atom. The minimum Gasteiger partial charge on any atom is -0.481 e. The largest absolute Gasteiger partial charge is 0.481 e. The highest BCUT2D eigenvalue weighted by Crippen LogP contribution is 2.30. The molecular weight excluding hydrogens is 312 g/mol. The Hall–Kier alpha value is -2.12. The summed E-state index contributed by atoms with van der Waals surface area (Å²) in [7, 11) is 0. The van der Waals surface area contributed by atoms with Crippen LogP contribution in [-0.4, -0.2) is 71.9 Å². The first-order valence-corrected chi connectivity index (χ1v) is 8.09. The molecule has 0 unspecified atom stereocenters. The second kappa shape index (κ2) is 7.19. The molecule has 7 heteroatoms. The Labute approximate surface area is 140 Å². The van der Waals surface area contributed by atoms with Crippen LogP contribution in [0.5, 0.6) is 0 Å². The summed E-state index contributed by atoms with van der Waals surface area (Å²) in [5.74, 6) is -0.817. The van der Waals surface area contributed by atoms with Gasteiger partial charge in [-0.05, 0) is 5.56 Å². The highest BCUT2D eigenvalue weighted by atomic mass is 16.6. The topological polar surface area (TPSA) is 79.3 Å². The standard InChI is InChI=1S/C17H22N2O5/c20-15(21)10-17(12-23-13-17)19-8-6-18(7-9-19)16(22)24-11-14-4-2-1-3-5-14/h1-5H,6-13H2,(H,20,21). The minimum absolute atomic E-state index is 0.0749. The fraction of sp³-hybridized carbons (Fsp3) is 0.529. The van der Waals surface area contributed by atoms with Crippen molar-refractivity contribution in [3.63, 3.8) is 0 Å². The van der Waals surface area contributed by atoms with Crippen molar-refractivity contribution in [3.05, 3.63) is 35.9 Å². The molecule has 3 rings (SSSR count). The van der Waals surface area contributed by atoms with Crippen molar-refractivity contribution in [3.8, 4) is 0 Å². The van der Waals surface area contributed by atoms with Gasteiger partial charge in [0.05, 0.1) is 25.2 Å². The Kier molecular flexibility index (Phi) is 5.01. The van der Waals surface area contributed by atoms with E-state index in [0.29, 0.717) is 39.4 Å². The van der Waals surface area contributed by atoms with Crippen LogP contribution in [0, 0.1) is 0 Å². The number of carboxylic acid groups (broad SMARTS) is 1. The number of rotatable bonds is 5. The highest BCUT2D eigenvalue weighted by molar-refractivity contribution is 5.69. The lowest BCUT2D eigenvalue weighted by Gasteiger charge is -2.51. The molecule has 2 saturated heterocycles. The Bertz CT molecular complexity index is 580. The zero-order chi connectivity index (χ0) is 17.0. The number of hydrogen-bond donors (Lipinski definition) is 1. The first-order chi connectivity index (χ1) is 11.6. The molecular formula is C17H22N2O5. The molecule has 1 aromatic rings. The van der Waals surface area contributed by atoms with Crippen LogP contribution in [0.4, 0.5) is 4.79 Å². The van der Waals surface area contributed by atoms with E-state index in [0.717, 1.165) is 5.56 Å². The summed E-state index contributed by atoms with van der Waals surface area (Å²) in [6.07, 6.45) is -0.249. The smallest absolute Gasteiger partial charge is 0.410 e. The lowest BCUT2D eigenvalue weighted by atomic mass is 9.90. The number of benzene rings is 1. The van der Waals surface area contributed by atoms with Crippen LogP contribution in [0.3, 0.4) is 0 Å². The van der Waals surface area contributed by atoms with Crippen LogP contribution >= 0.6 is 0 Å². The third kappa shape index (κ3) is 3.68. The molecule has 1 aromatic carbocycles. The Morgan fingerprint density at radius 3 is 2.33 bits per heavy atom. The van der Waals surface area contributed by atoms with Gasteiger partial charge in [-0.25, -0.2) is 4.79 Å². The average molecular weight is 334 g/mol. The van der Waals surface area contributed by atoms with Crippen LogP contribution in [0.25, 0.3) is 0 Å². The summed E-state index contributed by atoms with van der Waals surface area (Å²) in [5.41, 5.74) is 0.544. The van der Waals surface area contributed by atoms with Crippen molar-refractivity contribution in [2.75, 3.05) is 39.4 Å². The van der Waals surface area contributed by atoms with Crippen LogP contribution in [0.15, 0.2) is 30.3 Å². The molecule has 0 saturated carbocycles. The molecule has 0 aliphatic carbocycles. The van der Waals surface area contributed by atoms with E-state index < -0.39 is 11.5 Å². The summed E-state index contributed by atoms with van der Waals surface area (Å²) in [6.45, 7) is 3.49. The van der Waals surface area contributed by atoms with Crippen LogP contribution < -0.4 is 0 Å². The molecule has 7 nitrogen and oxygen atoms in total. The van der Waals surface area contributed by atoms with Gasteiger partial charge in [0.15, 0.2) is 0 Å². The van der Waals surface area contributed by atoms with E-state index in [2.05, 4.69) is 4.90 Å². The normalized spacial score (nSPS) is 20.2. The quantitative estimate of drug-likeness (QED) is 0.871. The molecule has 0 aromatic heterocycles. The number of piperazine rings is 1. The molecule has 1 N–H and O–H groups in total. The van der Waals surface area contributed by atoms with Crippen molar-refractivity contribution in [2.45, 2.75) is 18.6 Å². The van der Waals surface area contributed by atoms with E-state index >= 15 is 0 Å². The number of aliphatic carboxylic acids is 1. The van der Waals surface area contributed by atoms with Crippen LogP contribution in [0.1, 0.15) is 12.0 Å². The zero-order valence-electron chi connectivity index (χ0n) is 13.5. The summed E-state index contributed by atoms with van der Waals surface area (Å²) in [5, 5.41) is 9.10. The van der Waals surface area contributed by atoms with Gasteiger partial charge in [0.1, 0.15) is 6.61 Å². The fourth-order valence-electron chi connectivity index (χ4n) is 3.19. The second-order valence-electron chi connectivity index (χ2n) is 6.30. The lowest BCUT2D eigenvalue weighted by Crippen LogP contribution is -2.67. The summed E-state index contributed by atoms with van der Waals surface area (Å²) in [6, 6.07) is 9.56. The van der Waals surface area contributed by atoms with Crippen molar-refractivity contribution < 1.29 is 24.2 Å². The van der Waals surface area contributed by atoms with Crippen molar-refractivity contribution in [1.82, 2.24) is 9.80 Å². The lowest BCUT2D eigenvalue weighted by molar-refractivity contribution is -0.170. The number of carboxylic acids is 1. The zero-order valence-corrected chi connectivity index (χ0v) is 13.5. The molecule has 130 valence electrons. The summed E-state index contributed by atoms with van der Waals surface area (Å²) in [4.78, 5) is 27.0. The van der Waals surface area contributed by atoms with E-state index in [1.165, 1.54) is 0 Å². The Balaban J connectivity index is 1.48. The molecule has 0 atom stereocenters. The van der Waals surface area contributed by atoms with Gasteiger partial charge in [-0.1, -0.05) is 30.3 Å². The third-order valence-electron chi connectivity index (χ3n) is 4.64. The number of hydrogen-bond acceptors (Lipinski definition) is 5. The average Bonchev–Trinajstić information content (AvgIpc) is 2.57. The fourth-order valence-corrected chi connectivity index (χ4v) is 3.19. The molecule has 2 heterocycles. The maximum atomic E-state index is 12.2. The molecule has 1 amide bonds. The minimum atomic E-state index is -0.817. The van der Waals surface area contributed by atoms with Gasteiger partial charge >= 0.3 is 12.1 Å². The number of ether oxygens (including phenoxy) is 2. The number of nitrogens with zero attached hydrogens (tertiary/aromatic N) is 2. The van der Waals surface area contributed by atoms with E-state index in [4.69, 9.17) is 14.6 Å². The highest BCUT2D eigenvalue weighted by Gasteiger charge is 2.46. The van der Waals surface area contributed by atoms with E-state index in [1.807, 2.05) is 30.3 Å². The van der Waals surface area contributed by atoms with Crippen molar-refractivity contribution in [1.29, 1.82) is 0 Å². The van der Waals surface area contributed by atoms with Crippen molar-refractivity contribution >= 4 is 12.1 Å². The Morgan fingerprint density at radius 1 is 1.12 bits per heavy atom. The number of amides is 1. The molecule has 2 aliphatic heterocycles. The van der Waals surface area contributed by atoms with Gasteiger partial charge in [0.25, 0.3) is 0 Å². The molecule has 2 fully saturated rings. The summed E-state index contributed by atoms with van der Waals surface area (Å²) < 4.78 is 10.6. The van der Waals surface area contributed by atoms with E-state index in [-0.39, 0.29) is 19.1 Å². The van der Waals surface area contributed by atoms with Gasteiger partial charge in [-0.2, -0.15) is 0 Å². The molecule has 2 aliphatic rings. The maximum absolute atomic E-state index is 12.2. The molecule has 24 heavy (non-hydrogen) atoms. The molecule has 0 bridgehead atoms. The first-order valence-electron chi connectivity index (χ1n) is 8.09. The van der Waals surface area contributed by atoms with Gasteiger partial charge in [-0.15, -0.1) is 0 Å². The van der Waals surface area contributed by atoms with Crippen LogP contribution in [0.2, 0.25) is 0 Å². The molecule has 0 spiro atoms. The predicted molar refractivity (Wildman–Crippen MR) is 85.6 cm³/mol. The third-order valence-corrected chi connectivity index (χ3v) is 4.64. The second-order valence-corrected chi connectivity index (χ2v) is 6.30. The van der Waals surface area contributed by atoms with Crippen LogP contribution in [-0.2, 0) is 20.9 Å². The SMILES string of the molecule is O=C(O)CC1(N2CCN(C(=O)OCc3ccccc3)CC2)COC1. The number of carbonyl (C=O) groups is 2. The predicted octanol–water partition coefficient (Wildman–Crippen LogP) is 1.18. The van der Waals surface area contributed by atoms with Gasteiger partial charge in [0.2, 0.25) is 0 Å². The van der Waals surface area contributed by atoms with Gasteiger partial charge in [-0.3, -0.25) is 9.69 Å². The van der Waals surface area contributed by atoms with Gasteiger partial charge in [0, 0.05) is 26.2 Å². The van der Waals surface area contributed by atoms with E-state index in [1.54, 1.807) is 4.90 Å². The van der Waals surface area contributed by atoms with E-state index in [9.17, 15) is 9.59 Å². The maximum Gasteiger partial charge on any atom is 0.410 e. The monoisotopic (exact) mass is 334 g/mol. The number of carbonyl (C=O) groups excluding carboxylic acids is 1. The first kappa shape index (κ1) is 16.7. The van der Waals surface area contributed by atoms with Crippen molar-refractivity contribution in [2.24, 2.45) is 0 Å². The van der Waals surface area contributed by atoms with Gasteiger partial charge < -0.3 is 19.5 Å².